The van der Waals surface area contributed by atoms with Gasteiger partial charge in [-0.05, 0) is 55.3 Å². The summed E-state index contributed by atoms with van der Waals surface area (Å²) in [5.74, 6) is 1.34. The molecule has 2 aromatic carbocycles. The Morgan fingerprint density at radius 3 is 2.75 bits per heavy atom. The lowest BCUT2D eigenvalue weighted by atomic mass is 10.1. The first-order chi connectivity index (χ1) is 13.4. The third-order valence-electron chi connectivity index (χ3n) is 4.46. The van der Waals surface area contributed by atoms with Crippen LogP contribution in [0.3, 0.4) is 0 Å². The number of nitrogens with zero attached hydrogens (tertiary/aromatic N) is 3. The number of aromatic nitrogens is 2. The van der Waals surface area contributed by atoms with Gasteiger partial charge in [0.2, 0.25) is 0 Å². The van der Waals surface area contributed by atoms with Crippen LogP contribution in [0.4, 0.5) is 0 Å². The summed E-state index contributed by atoms with van der Waals surface area (Å²) in [4.78, 5) is 17.8. The van der Waals surface area contributed by atoms with Crippen LogP contribution in [0.5, 0.6) is 5.75 Å². The zero-order valence-electron chi connectivity index (χ0n) is 15.9. The molecule has 0 fully saturated rings. The van der Waals surface area contributed by atoms with Crippen LogP contribution in [0.25, 0.3) is 10.9 Å². The molecule has 0 unspecified atom stereocenters. The number of hydrogen-bond acceptors (Lipinski definition) is 4. The van der Waals surface area contributed by atoms with E-state index >= 15 is 0 Å². The van der Waals surface area contributed by atoms with Crippen molar-refractivity contribution < 1.29 is 4.74 Å². The van der Waals surface area contributed by atoms with E-state index in [-0.39, 0.29) is 11.5 Å². The van der Waals surface area contributed by atoms with Crippen molar-refractivity contribution in [2.75, 3.05) is 6.61 Å². The van der Waals surface area contributed by atoms with Crippen LogP contribution >= 0.6 is 27.5 Å². The van der Waals surface area contributed by atoms with Crippen molar-refractivity contribution in [3.8, 4) is 5.75 Å². The molecule has 3 aromatic rings. The zero-order valence-corrected chi connectivity index (χ0v) is 18.3. The molecule has 0 saturated heterocycles. The maximum Gasteiger partial charge on any atom is 0.282 e. The molecule has 0 spiro atoms. The lowest BCUT2D eigenvalue weighted by Crippen LogP contribution is -2.23. The van der Waals surface area contributed by atoms with Crippen LogP contribution in [0.2, 0.25) is 5.02 Å². The number of fused-ring (bicyclic) bond motifs is 1. The Morgan fingerprint density at radius 1 is 1.29 bits per heavy atom. The lowest BCUT2D eigenvalue weighted by Gasteiger charge is -2.14. The number of benzene rings is 2. The Labute approximate surface area is 177 Å². The van der Waals surface area contributed by atoms with E-state index in [9.17, 15) is 4.79 Å². The van der Waals surface area contributed by atoms with Gasteiger partial charge in [0.05, 0.1) is 28.7 Å². The van der Waals surface area contributed by atoms with Crippen LogP contribution in [0.15, 0.2) is 50.8 Å². The Bertz CT molecular complexity index is 1090. The predicted octanol–water partition coefficient (Wildman–Crippen LogP) is 5.61. The second kappa shape index (κ2) is 8.88. The van der Waals surface area contributed by atoms with Crippen LogP contribution in [-0.4, -0.2) is 22.5 Å². The minimum absolute atomic E-state index is 0.0850. The normalized spacial score (nSPS) is 12.6. The summed E-state index contributed by atoms with van der Waals surface area (Å²) < 4.78 is 7.66. The maximum absolute atomic E-state index is 13.1. The van der Waals surface area contributed by atoms with Gasteiger partial charge in [0.15, 0.2) is 0 Å². The van der Waals surface area contributed by atoms with E-state index < -0.39 is 0 Å². The molecule has 3 rings (SSSR count). The average Bonchev–Trinajstić information content (AvgIpc) is 2.69. The van der Waals surface area contributed by atoms with Gasteiger partial charge in [-0.2, -0.15) is 9.78 Å². The van der Waals surface area contributed by atoms with E-state index in [0.717, 1.165) is 16.5 Å². The highest BCUT2D eigenvalue weighted by molar-refractivity contribution is 9.10. The summed E-state index contributed by atoms with van der Waals surface area (Å²) in [5.41, 5.74) is 1.23. The maximum atomic E-state index is 13.1. The van der Waals surface area contributed by atoms with Crippen LogP contribution in [-0.2, 0) is 0 Å². The molecule has 1 aromatic heterocycles. The SMILES string of the molecule is CCOc1ccc(C=Nn2c([C@@H](C)CC)nc3ccc(Br)cc3c2=O)cc1Cl. The fraction of sp³-hybridized carbons (Fsp3) is 0.286. The van der Waals surface area contributed by atoms with Gasteiger partial charge in [-0.15, -0.1) is 0 Å². The van der Waals surface area contributed by atoms with Crippen LogP contribution in [0.1, 0.15) is 44.5 Å². The predicted molar refractivity (Wildman–Crippen MR) is 118 cm³/mol. The zero-order chi connectivity index (χ0) is 20.3. The summed E-state index contributed by atoms with van der Waals surface area (Å²) in [5, 5.41) is 5.46. The number of rotatable bonds is 6. The van der Waals surface area contributed by atoms with Gasteiger partial charge < -0.3 is 4.74 Å². The highest BCUT2D eigenvalue weighted by Gasteiger charge is 2.15. The van der Waals surface area contributed by atoms with E-state index in [2.05, 4.69) is 28.0 Å². The van der Waals surface area contributed by atoms with Gasteiger partial charge >= 0.3 is 0 Å². The summed E-state index contributed by atoms with van der Waals surface area (Å²) >= 11 is 9.66. The molecule has 0 bridgehead atoms. The molecule has 1 atom stereocenters. The Kier molecular flexibility index (Phi) is 6.52. The fourth-order valence-electron chi connectivity index (χ4n) is 2.77. The fourth-order valence-corrected chi connectivity index (χ4v) is 3.38. The van der Waals surface area contributed by atoms with Crippen LogP contribution in [0, 0.1) is 0 Å². The molecule has 0 N–H and O–H groups in total. The van der Waals surface area contributed by atoms with E-state index in [1.54, 1.807) is 24.4 Å². The van der Waals surface area contributed by atoms with Crippen molar-refractivity contribution in [1.29, 1.82) is 0 Å². The van der Waals surface area contributed by atoms with Gasteiger partial charge in [-0.1, -0.05) is 41.4 Å². The topological polar surface area (TPSA) is 56.5 Å². The van der Waals surface area contributed by atoms with Crippen LogP contribution < -0.4 is 10.3 Å². The van der Waals surface area contributed by atoms with Crippen molar-refractivity contribution >= 4 is 44.6 Å². The average molecular weight is 463 g/mol. The van der Waals surface area contributed by atoms with Crippen molar-refractivity contribution in [2.24, 2.45) is 5.10 Å². The molecule has 0 radical (unpaired) electrons. The first-order valence-corrected chi connectivity index (χ1v) is 10.3. The van der Waals surface area contributed by atoms with Gasteiger partial charge in [-0.25, -0.2) is 4.98 Å². The monoisotopic (exact) mass is 461 g/mol. The minimum atomic E-state index is -0.199. The van der Waals surface area contributed by atoms with Crippen molar-refractivity contribution in [3.63, 3.8) is 0 Å². The largest absolute Gasteiger partial charge is 0.492 e. The molecule has 1 heterocycles. The summed E-state index contributed by atoms with van der Waals surface area (Å²) in [7, 11) is 0. The van der Waals surface area contributed by atoms with E-state index in [1.807, 2.05) is 32.0 Å². The molecule has 146 valence electrons. The molecule has 0 aliphatic rings. The first-order valence-electron chi connectivity index (χ1n) is 9.13. The van der Waals surface area contributed by atoms with Gasteiger partial charge in [-0.3, -0.25) is 4.79 Å². The van der Waals surface area contributed by atoms with E-state index in [4.69, 9.17) is 21.3 Å². The highest BCUT2D eigenvalue weighted by atomic mass is 79.9. The molecule has 0 amide bonds. The van der Waals surface area contributed by atoms with E-state index in [1.165, 1.54) is 4.68 Å². The van der Waals surface area contributed by atoms with Crippen molar-refractivity contribution in [1.82, 2.24) is 9.66 Å². The van der Waals surface area contributed by atoms with Crippen molar-refractivity contribution in [3.05, 3.63) is 67.6 Å². The lowest BCUT2D eigenvalue weighted by molar-refractivity contribution is 0.340. The van der Waals surface area contributed by atoms with Gasteiger partial charge in [0.25, 0.3) is 5.56 Å². The molecule has 5 nitrogen and oxygen atoms in total. The second-order valence-corrected chi connectivity index (χ2v) is 7.75. The summed E-state index contributed by atoms with van der Waals surface area (Å²) in [6, 6.07) is 10.9. The first kappa shape index (κ1) is 20.6. The molecule has 28 heavy (non-hydrogen) atoms. The third-order valence-corrected chi connectivity index (χ3v) is 5.25. The van der Waals surface area contributed by atoms with Crippen molar-refractivity contribution in [2.45, 2.75) is 33.1 Å². The molecular weight excluding hydrogens is 442 g/mol. The molecular formula is C21H21BrClN3O2. The van der Waals surface area contributed by atoms with Gasteiger partial charge in [0, 0.05) is 10.4 Å². The Balaban J connectivity index is 2.10. The van der Waals surface area contributed by atoms with Gasteiger partial charge in [0.1, 0.15) is 11.6 Å². The number of halogens is 2. The summed E-state index contributed by atoms with van der Waals surface area (Å²) in [6.07, 6.45) is 2.46. The standard InChI is InChI=1S/C21H21BrClN3O2/c1-4-13(3)20-25-18-8-7-15(22)11-16(18)21(27)26(20)24-12-14-6-9-19(28-5-2)17(23)10-14/h6-13H,4-5H2,1-3H3/t13-/m0/s1. The Morgan fingerprint density at radius 2 is 2.07 bits per heavy atom. The number of hydrogen-bond donors (Lipinski definition) is 0. The second-order valence-electron chi connectivity index (χ2n) is 6.43. The Hall–Kier alpha value is -2.18. The molecule has 7 heteroatoms. The molecule has 0 aliphatic heterocycles. The number of ether oxygens (including phenoxy) is 1. The molecule has 0 aliphatic carbocycles. The minimum Gasteiger partial charge on any atom is -0.492 e. The quantitative estimate of drug-likeness (QED) is 0.448. The highest BCUT2D eigenvalue weighted by Crippen LogP contribution is 2.25. The smallest absolute Gasteiger partial charge is 0.282 e. The van der Waals surface area contributed by atoms with E-state index in [0.29, 0.717) is 34.1 Å². The third kappa shape index (κ3) is 4.28. The molecule has 0 saturated carbocycles. The summed E-state index contributed by atoms with van der Waals surface area (Å²) in [6.45, 7) is 6.54.